The van der Waals surface area contributed by atoms with Gasteiger partial charge in [-0.05, 0) is 48.9 Å². The fraction of sp³-hybridized carbons (Fsp3) is 0.211. The maximum absolute atomic E-state index is 12.0. The third kappa shape index (κ3) is 5.89. The van der Waals surface area contributed by atoms with Crippen LogP contribution in [0.15, 0.2) is 42.5 Å². The van der Waals surface area contributed by atoms with Crippen LogP contribution in [0.2, 0.25) is 5.02 Å². The lowest BCUT2D eigenvalue weighted by Crippen LogP contribution is -2.19. The molecular formula is C19H18ClNO5. The molecule has 0 unspecified atom stereocenters. The number of Topliss-reactive ketones (excluding diaryl/α,β-unsaturated/α-hetero) is 1. The lowest BCUT2D eigenvalue weighted by molar-refractivity contribution is -0.144. The number of anilines is 1. The Morgan fingerprint density at radius 3 is 2.38 bits per heavy atom. The summed E-state index contributed by atoms with van der Waals surface area (Å²) in [7, 11) is 0. The number of hydrogen-bond acceptors (Lipinski definition) is 5. The van der Waals surface area contributed by atoms with Gasteiger partial charge >= 0.3 is 5.97 Å². The van der Waals surface area contributed by atoms with Gasteiger partial charge in [0.05, 0.1) is 5.02 Å². The van der Waals surface area contributed by atoms with Crippen molar-refractivity contribution in [3.05, 3.63) is 58.6 Å². The molecule has 0 bridgehead atoms. The quantitative estimate of drug-likeness (QED) is 0.592. The van der Waals surface area contributed by atoms with Gasteiger partial charge in [0.1, 0.15) is 5.75 Å². The molecule has 136 valence electrons. The van der Waals surface area contributed by atoms with Crippen molar-refractivity contribution >= 4 is 34.9 Å². The minimum atomic E-state index is -0.675. The number of esters is 1. The standard InChI is InChI=1S/C19H18ClNO5/c1-12-3-8-16(20)18(9-12)25-11-19(24)26-10-17(23)14-4-6-15(7-5-14)21-13(2)22/h3-9H,10-11H2,1-2H3,(H,21,22). The Morgan fingerprint density at radius 2 is 1.73 bits per heavy atom. The smallest absolute Gasteiger partial charge is 0.344 e. The van der Waals surface area contributed by atoms with Crippen LogP contribution in [0.4, 0.5) is 5.69 Å². The first-order valence-corrected chi connectivity index (χ1v) is 8.18. The van der Waals surface area contributed by atoms with Gasteiger partial charge in [-0.1, -0.05) is 17.7 Å². The second kappa shape index (κ2) is 9.01. The van der Waals surface area contributed by atoms with E-state index < -0.39 is 12.6 Å². The molecule has 0 atom stereocenters. The van der Waals surface area contributed by atoms with Crippen molar-refractivity contribution < 1.29 is 23.9 Å². The normalized spacial score (nSPS) is 10.1. The molecule has 6 nitrogen and oxygen atoms in total. The first-order chi connectivity index (χ1) is 12.3. The molecule has 0 aliphatic rings. The van der Waals surface area contributed by atoms with Crippen molar-refractivity contribution in [2.75, 3.05) is 18.5 Å². The number of carbonyl (C=O) groups excluding carboxylic acids is 3. The van der Waals surface area contributed by atoms with Gasteiger partial charge in [-0.15, -0.1) is 0 Å². The molecule has 0 aliphatic carbocycles. The minimum Gasteiger partial charge on any atom is -0.480 e. The zero-order valence-electron chi connectivity index (χ0n) is 14.4. The topological polar surface area (TPSA) is 81.7 Å². The number of aryl methyl sites for hydroxylation is 1. The molecule has 0 fully saturated rings. The average Bonchev–Trinajstić information content (AvgIpc) is 2.60. The molecule has 0 saturated carbocycles. The molecular weight excluding hydrogens is 358 g/mol. The summed E-state index contributed by atoms with van der Waals surface area (Å²) in [5.74, 6) is -0.859. The highest BCUT2D eigenvalue weighted by Gasteiger charge is 2.12. The monoisotopic (exact) mass is 375 g/mol. The minimum absolute atomic E-state index is 0.202. The maximum atomic E-state index is 12.0. The molecule has 1 N–H and O–H groups in total. The van der Waals surface area contributed by atoms with Crippen molar-refractivity contribution in [1.29, 1.82) is 0 Å². The summed E-state index contributed by atoms with van der Waals surface area (Å²) in [5.41, 5.74) is 1.89. The maximum Gasteiger partial charge on any atom is 0.344 e. The van der Waals surface area contributed by atoms with Gasteiger partial charge in [-0.3, -0.25) is 9.59 Å². The number of nitrogens with one attached hydrogen (secondary N) is 1. The highest BCUT2D eigenvalue weighted by atomic mass is 35.5. The summed E-state index contributed by atoms with van der Waals surface area (Å²) in [4.78, 5) is 34.7. The van der Waals surface area contributed by atoms with Crippen molar-refractivity contribution in [2.45, 2.75) is 13.8 Å². The lowest BCUT2D eigenvalue weighted by atomic mass is 10.1. The predicted molar refractivity (Wildman–Crippen MR) is 97.7 cm³/mol. The van der Waals surface area contributed by atoms with E-state index in [0.29, 0.717) is 22.0 Å². The van der Waals surface area contributed by atoms with Gasteiger partial charge in [0.25, 0.3) is 0 Å². The van der Waals surface area contributed by atoms with Crippen molar-refractivity contribution in [3.8, 4) is 5.75 Å². The van der Waals surface area contributed by atoms with Gasteiger partial charge < -0.3 is 14.8 Å². The van der Waals surface area contributed by atoms with Gasteiger partial charge in [0.2, 0.25) is 5.91 Å². The second-order valence-corrected chi connectivity index (χ2v) is 5.97. The van der Waals surface area contributed by atoms with E-state index in [0.717, 1.165) is 5.56 Å². The molecule has 0 heterocycles. The van der Waals surface area contributed by atoms with E-state index in [2.05, 4.69) is 5.32 Å². The molecule has 1 amide bonds. The van der Waals surface area contributed by atoms with Crippen molar-refractivity contribution in [1.82, 2.24) is 0 Å². The van der Waals surface area contributed by atoms with Gasteiger partial charge in [-0.25, -0.2) is 4.79 Å². The van der Waals surface area contributed by atoms with Crippen LogP contribution in [0.1, 0.15) is 22.8 Å². The van der Waals surface area contributed by atoms with Crippen LogP contribution in [0.3, 0.4) is 0 Å². The van der Waals surface area contributed by atoms with E-state index in [1.165, 1.54) is 6.92 Å². The largest absolute Gasteiger partial charge is 0.480 e. The molecule has 26 heavy (non-hydrogen) atoms. The van der Waals surface area contributed by atoms with Crippen molar-refractivity contribution in [2.24, 2.45) is 0 Å². The fourth-order valence-corrected chi connectivity index (χ4v) is 2.24. The summed E-state index contributed by atoms with van der Waals surface area (Å²) < 4.78 is 10.2. The molecule has 2 aromatic rings. The highest BCUT2D eigenvalue weighted by Crippen LogP contribution is 2.25. The van der Waals surface area contributed by atoms with Crippen LogP contribution < -0.4 is 10.1 Å². The molecule has 0 radical (unpaired) electrons. The molecule has 0 aromatic heterocycles. The second-order valence-electron chi connectivity index (χ2n) is 5.56. The Morgan fingerprint density at radius 1 is 1.04 bits per heavy atom. The molecule has 0 spiro atoms. The number of amides is 1. The first-order valence-electron chi connectivity index (χ1n) is 7.80. The van der Waals surface area contributed by atoms with Crippen LogP contribution in [-0.2, 0) is 14.3 Å². The Kier molecular flexibility index (Phi) is 6.74. The van der Waals surface area contributed by atoms with E-state index in [1.807, 2.05) is 13.0 Å². The first kappa shape index (κ1) is 19.5. The van der Waals surface area contributed by atoms with Crippen LogP contribution in [0.5, 0.6) is 5.75 Å². The van der Waals surface area contributed by atoms with Gasteiger partial charge in [0.15, 0.2) is 19.0 Å². The number of rotatable bonds is 7. The Bertz CT molecular complexity index is 817. The Labute approximate surface area is 156 Å². The number of benzene rings is 2. The predicted octanol–water partition coefficient (Wildman–Crippen LogP) is 3.41. The number of halogens is 1. The zero-order valence-corrected chi connectivity index (χ0v) is 15.1. The lowest BCUT2D eigenvalue weighted by Gasteiger charge is -2.09. The van der Waals surface area contributed by atoms with E-state index in [1.54, 1.807) is 36.4 Å². The average molecular weight is 376 g/mol. The third-order valence-corrected chi connectivity index (χ3v) is 3.64. The molecule has 2 aromatic carbocycles. The van der Waals surface area contributed by atoms with Gasteiger partial charge in [-0.2, -0.15) is 0 Å². The molecule has 2 rings (SSSR count). The summed E-state index contributed by atoms with van der Waals surface area (Å²) in [5, 5.41) is 2.99. The molecule has 7 heteroatoms. The third-order valence-electron chi connectivity index (χ3n) is 3.32. The summed E-state index contributed by atoms with van der Waals surface area (Å²) in [6.45, 7) is 2.52. The van der Waals surface area contributed by atoms with Crippen LogP contribution in [0.25, 0.3) is 0 Å². The number of ketones is 1. The molecule has 0 saturated heterocycles. The summed E-state index contributed by atoms with van der Waals surface area (Å²) >= 11 is 5.97. The van der Waals surface area contributed by atoms with Crippen LogP contribution in [0, 0.1) is 6.92 Å². The van der Waals surface area contributed by atoms with E-state index in [9.17, 15) is 14.4 Å². The number of hydrogen-bond donors (Lipinski definition) is 1. The van der Waals surface area contributed by atoms with E-state index >= 15 is 0 Å². The SMILES string of the molecule is CC(=O)Nc1ccc(C(=O)COC(=O)COc2cc(C)ccc2Cl)cc1. The highest BCUT2D eigenvalue weighted by molar-refractivity contribution is 6.32. The fourth-order valence-electron chi connectivity index (χ4n) is 2.07. The van der Waals surface area contributed by atoms with Crippen LogP contribution in [-0.4, -0.2) is 30.9 Å². The van der Waals surface area contributed by atoms with Crippen molar-refractivity contribution in [3.63, 3.8) is 0 Å². The van der Waals surface area contributed by atoms with E-state index in [-0.39, 0.29) is 18.3 Å². The van der Waals surface area contributed by atoms with Gasteiger partial charge in [0, 0.05) is 18.2 Å². The van der Waals surface area contributed by atoms with E-state index in [4.69, 9.17) is 21.1 Å². The number of ether oxygens (including phenoxy) is 2. The Balaban J connectivity index is 1.82. The molecule has 0 aliphatic heterocycles. The summed E-state index contributed by atoms with van der Waals surface area (Å²) in [6, 6.07) is 11.5. The Hall–Kier alpha value is -2.86. The van der Waals surface area contributed by atoms with Crippen LogP contribution >= 0.6 is 11.6 Å². The zero-order chi connectivity index (χ0) is 19.1. The summed E-state index contributed by atoms with van der Waals surface area (Å²) in [6.07, 6.45) is 0. The number of carbonyl (C=O) groups is 3.